The highest BCUT2D eigenvalue weighted by atomic mass is 79.9. The van der Waals surface area contributed by atoms with Crippen molar-refractivity contribution in [3.8, 4) is 0 Å². The van der Waals surface area contributed by atoms with Gasteiger partial charge in [0.15, 0.2) is 5.78 Å². The number of piperidine rings is 1. The maximum Gasteiger partial charge on any atom is 0.253 e. The summed E-state index contributed by atoms with van der Waals surface area (Å²) in [6.07, 6.45) is 1.46. The van der Waals surface area contributed by atoms with Gasteiger partial charge in [-0.05, 0) is 37.1 Å². The Morgan fingerprint density at radius 3 is 2.09 bits per heavy atom. The van der Waals surface area contributed by atoms with E-state index in [1.54, 1.807) is 0 Å². The van der Waals surface area contributed by atoms with Crippen LogP contribution in [0.1, 0.15) is 33.6 Å². The van der Waals surface area contributed by atoms with E-state index >= 15 is 0 Å². The molecule has 0 N–H and O–H groups in total. The lowest BCUT2D eigenvalue weighted by Gasteiger charge is -2.31. The summed E-state index contributed by atoms with van der Waals surface area (Å²) in [5.74, 6) is 0.260. The van der Waals surface area contributed by atoms with Gasteiger partial charge >= 0.3 is 0 Å². The number of hydrogen-bond donors (Lipinski definition) is 0. The van der Waals surface area contributed by atoms with Gasteiger partial charge in [0.2, 0.25) is 0 Å². The van der Waals surface area contributed by atoms with Crippen LogP contribution in [0.15, 0.2) is 59.1 Å². The molecular formula is C19H18BrNO2. The quantitative estimate of drug-likeness (QED) is 0.758. The molecule has 2 aromatic carbocycles. The zero-order valence-electron chi connectivity index (χ0n) is 12.7. The van der Waals surface area contributed by atoms with Gasteiger partial charge in [0.25, 0.3) is 5.91 Å². The van der Waals surface area contributed by atoms with Crippen molar-refractivity contribution in [1.29, 1.82) is 0 Å². The largest absolute Gasteiger partial charge is 0.339 e. The van der Waals surface area contributed by atoms with Crippen LogP contribution in [0.3, 0.4) is 0 Å². The first kappa shape index (κ1) is 15.9. The van der Waals surface area contributed by atoms with E-state index in [4.69, 9.17) is 0 Å². The van der Waals surface area contributed by atoms with Crippen LogP contribution < -0.4 is 0 Å². The number of benzene rings is 2. The number of hydrogen-bond acceptors (Lipinski definition) is 2. The molecule has 2 aromatic rings. The van der Waals surface area contributed by atoms with Crippen LogP contribution in [0.4, 0.5) is 0 Å². The molecule has 0 spiro atoms. The number of nitrogens with zero attached hydrogens (tertiary/aromatic N) is 1. The first-order valence-corrected chi connectivity index (χ1v) is 8.58. The van der Waals surface area contributed by atoms with Crippen molar-refractivity contribution >= 4 is 27.6 Å². The number of likely N-dealkylation sites (tertiary alicyclic amines) is 1. The summed E-state index contributed by atoms with van der Waals surface area (Å²) in [4.78, 5) is 26.8. The summed E-state index contributed by atoms with van der Waals surface area (Å²) in [6.45, 7) is 1.27. The van der Waals surface area contributed by atoms with E-state index in [0.29, 0.717) is 18.7 Å². The van der Waals surface area contributed by atoms with Gasteiger partial charge in [-0.25, -0.2) is 0 Å². The summed E-state index contributed by atoms with van der Waals surface area (Å²) >= 11 is 3.37. The van der Waals surface area contributed by atoms with Crippen LogP contribution in [-0.4, -0.2) is 29.7 Å². The number of carbonyl (C=O) groups is 2. The molecule has 1 aliphatic rings. The normalized spacial score (nSPS) is 15.4. The fraction of sp³-hybridized carbons (Fsp3) is 0.263. The summed E-state index contributed by atoms with van der Waals surface area (Å²) in [5, 5.41) is 0. The Kier molecular flexibility index (Phi) is 4.91. The number of carbonyl (C=O) groups excluding carboxylic acids is 2. The van der Waals surface area contributed by atoms with Crippen LogP contribution >= 0.6 is 15.9 Å². The van der Waals surface area contributed by atoms with Crippen molar-refractivity contribution < 1.29 is 9.59 Å². The molecule has 1 saturated heterocycles. The molecule has 118 valence electrons. The molecule has 1 aliphatic heterocycles. The number of halogens is 1. The summed E-state index contributed by atoms with van der Waals surface area (Å²) < 4.78 is 0.959. The average Bonchev–Trinajstić information content (AvgIpc) is 2.62. The molecule has 1 fully saturated rings. The second kappa shape index (κ2) is 7.09. The highest BCUT2D eigenvalue weighted by molar-refractivity contribution is 9.10. The maximum atomic E-state index is 12.5. The molecule has 0 bridgehead atoms. The molecule has 4 heteroatoms. The molecule has 0 unspecified atom stereocenters. The third kappa shape index (κ3) is 3.70. The molecule has 3 rings (SSSR count). The SMILES string of the molecule is O=C(c1ccccc1)C1CCN(C(=O)c2ccc(Br)cc2)CC1. The molecular weight excluding hydrogens is 354 g/mol. The van der Waals surface area contributed by atoms with E-state index in [9.17, 15) is 9.59 Å². The summed E-state index contributed by atoms with van der Waals surface area (Å²) in [7, 11) is 0. The van der Waals surface area contributed by atoms with Crippen molar-refractivity contribution in [3.05, 3.63) is 70.2 Å². The molecule has 0 aliphatic carbocycles. The number of ketones is 1. The van der Waals surface area contributed by atoms with Crippen LogP contribution in [0, 0.1) is 5.92 Å². The molecule has 1 amide bonds. The van der Waals surface area contributed by atoms with E-state index in [0.717, 1.165) is 22.9 Å². The van der Waals surface area contributed by atoms with Crippen molar-refractivity contribution in [2.75, 3.05) is 13.1 Å². The third-order valence-corrected chi connectivity index (χ3v) is 4.83. The Labute approximate surface area is 144 Å². The van der Waals surface area contributed by atoms with Crippen LogP contribution in [0.25, 0.3) is 0 Å². The lowest BCUT2D eigenvalue weighted by molar-refractivity contribution is 0.0650. The molecule has 0 saturated carbocycles. The second-order valence-corrected chi connectivity index (χ2v) is 6.72. The number of amides is 1. The maximum absolute atomic E-state index is 12.5. The van der Waals surface area contributed by atoms with E-state index in [-0.39, 0.29) is 17.6 Å². The molecule has 0 atom stereocenters. The van der Waals surface area contributed by atoms with Crippen molar-refractivity contribution in [2.45, 2.75) is 12.8 Å². The molecule has 3 nitrogen and oxygen atoms in total. The Hall–Kier alpha value is -1.94. The Bertz CT molecular complexity index is 689. The van der Waals surface area contributed by atoms with Crippen LogP contribution in [0.2, 0.25) is 0 Å². The van der Waals surface area contributed by atoms with E-state index in [1.165, 1.54) is 0 Å². The van der Waals surface area contributed by atoms with Gasteiger partial charge < -0.3 is 4.90 Å². The minimum Gasteiger partial charge on any atom is -0.339 e. The highest BCUT2D eigenvalue weighted by Crippen LogP contribution is 2.23. The zero-order chi connectivity index (χ0) is 16.2. The van der Waals surface area contributed by atoms with Gasteiger partial charge in [-0.2, -0.15) is 0 Å². The molecule has 1 heterocycles. The average molecular weight is 372 g/mol. The lowest BCUT2D eigenvalue weighted by atomic mass is 9.88. The summed E-state index contributed by atoms with van der Waals surface area (Å²) in [5.41, 5.74) is 1.46. The minimum absolute atomic E-state index is 0.0198. The fourth-order valence-electron chi connectivity index (χ4n) is 2.96. The monoisotopic (exact) mass is 371 g/mol. The predicted octanol–water partition coefficient (Wildman–Crippen LogP) is 4.18. The van der Waals surface area contributed by atoms with Crippen molar-refractivity contribution in [1.82, 2.24) is 4.90 Å². The molecule has 0 radical (unpaired) electrons. The predicted molar refractivity (Wildman–Crippen MR) is 93.5 cm³/mol. The van der Waals surface area contributed by atoms with E-state index < -0.39 is 0 Å². The molecule has 23 heavy (non-hydrogen) atoms. The zero-order valence-corrected chi connectivity index (χ0v) is 14.3. The van der Waals surface area contributed by atoms with E-state index in [2.05, 4.69) is 15.9 Å². The lowest BCUT2D eigenvalue weighted by Crippen LogP contribution is -2.40. The Morgan fingerprint density at radius 1 is 0.870 bits per heavy atom. The van der Waals surface area contributed by atoms with Crippen LogP contribution in [0.5, 0.6) is 0 Å². The standard InChI is InChI=1S/C19H18BrNO2/c20-17-8-6-16(7-9-17)19(23)21-12-10-15(11-13-21)18(22)14-4-2-1-3-5-14/h1-9,15H,10-13H2. The van der Waals surface area contributed by atoms with Gasteiger partial charge in [-0.3, -0.25) is 9.59 Å². The number of Topliss-reactive ketones (excluding diaryl/α,β-unsaturated/α-hetero) is 1. The Balaban J connectivity index is 1.61. The smallest absolute Gasteiger partial charge is 0.253 e. The van der Waals surface area contributed by atoms with Crippen molar-refractivity contribution in [2.24, 2.45) is 5.92 Å². The first-order valence-electron chi connectivity index (χ1n) is 7.79. The van der Waals surface area contributed by atoms with Crippen LogP contribution in [-0.2, 0) is 0 Å². The van der Waals surface area contributed by atoms with Gasteiger partial charge in [0.1, 0.15) is 0 Å². The highest BCUT2D eigenvalue weighted by Gasteiger charge is 2.28. The minimum atomic E-state index is 0.0198. The van der Waals surface area contributed by atoms with Gasteiger partial charge in [0, 0.05) is 34.6 Å². The fourth-order valence-corrected chi connectivity index (χ4v) is 3.22. The Morgan fingerprint density at radius 2 is 1.48 bits per heavy atom. The summed E-state index contributed by atoms with van der Waals surface area (Å²) in [6, 6.07) is 16.8. The van der Waals surface area contributed by atoms with Gasteiger partial charge in [-0.15, -0.1) is 0 Å². The first-order chi connectivity index (χ1) is 11.1. The van der Waals surface area contributed by atoms with E-state index in [1.807, 2.05) is 59.5 Å². The third-order valence-electron chi connectivity index (χ3n) is 4.30. The van der Waals surface area contributed by atoms with Gasteiger partial charge in [-0.1, -0.05) is 46.3 Å². The topological polar surface area (TPSA) is 37.4 Å². The van der Waals surface area contributed by atoms with Crippen molar-refractivity contribution in [3.63, 3.8) is 0 Å². The van der Waals surface area contributed by atoms with Gasteiger partial charge in [0.05, 0.1) is 0 Å². The second-order valence-electron chi connectivity index (χ2n) is 5.80. The number of rotatable bonds is 3. The molecule has 0 aromatic heterocycles.